The minimum Gasteiger partial charge on any atom is -0.394 e. The molecule has 3 fully saturated rings. The minimum atomic E-state index is -1.97. The number of amides is 1. The third-order valence-electron chi connectivity index (χ3n) is 15.7. The molecule has 0 aromatic carbocycles. The predicted molar refractivity (Wildman–Crippen MR) is 309 cm³/mol. The van der Waals surface area contributed by atoms with Gasteiger partial charge in [-0.15, -0.1) is 0 Å². The van der Waals surface area contributed by atoms with Crippen molar-refractivity contribution in [2.24, 2.45) is 0 Å². The second-order valence-electron chi connectivity index (χ2n) is 22.5. The van der Waals surface area contributed by atoms with Crippen molar-refractivity contribution in [3.63, 3.8) is 0 Å². The summed E-state index contributed by atoms with van der Waals surface area (Å²) in [7, 11) is 0. The number of unbranched alkanes of at least 4 members (excludes halogenated alkanes) is 22. The van der Waals surface area contributed by atoms with Crippen LogP contribution in [0.5, 0.6) is 0 Å². The molecule has 472 valence electrons. The van der Waals surface area contributed by atoms with Crippen molar-refractivity contribution in [3.05, 3.63) is 48.6 Å². The topological polar surface area (TPSA) is 307 Å². The van der Waals surface area contributed by atoms with Gasteiger partial charge < -0.3 is 89.9 Å². The molecule has 3 aliphatic heterocycles. The van der Waals surface area contributed by atoms with E-state index >= 15 is 0 Å². The van der Waals surface area contributed by atoms with Gasteiger partial charge in [-0.25, -0.2) is 0 Å². The highest BCUT2D eigenvalue weighted by Gasteiger charge is 2.53. The third-order valence-corrected chi connectivity index (χ3v) is 15.7. The van der Waals surface area contributed by atoms with Gasteiger partial charge in [-0.05, 0) is 51.4 Å². The number of hydrogen-bond donors (Lipinski definition) is 12. The molecule has 17 unspecified atom stereocenters. The standard InChI is InChI=1S/C62H111NO18/c1-3-5-7-8-9-10-11-12-13-14-15-16-17-18-19-20-21-22-23-24-25-26-27-28-29-30-31-32-33-34-35-36-38-40-50(68)63-45(46(67)39-37-6-4-2)44-76-60-56(74)53(71)58(48(42-65)78-60)81-62-57(75)54(72)59(49(43-66)79-62)80-61-55(73)52(70)51(69)47(41-64)77-61/h5,7,9-10,12-13,15-16,45-49,51-62,64-67,69-75H,3-4,6,8,11,14,17-44H2,1-2H3,(H,63,68)/b7-5-,10-9-,13-12-,16-15-. The van der Waals surface area contributed by atoms with E-state index in [1.54, 1.807) is 0 Å². The Balaban J connectivity index is 1.25. The number of rotatable bonds is 46. The zero-order valence-electron chi connectivity index (χ0n) is 49.3. The van der Waals surface area contributed by atoms with Crippen molar-refractivity contribution < 1.29 is 89.4 Å². The Morgan fingerprint density at radius 1 is 0.457 bits per heavy atom. The second kappa shape index (κ2) is 45.1. The number of allylic oxidation sites excluding steroid dienone is 8. The molecule has 19 nitrogen and oxygen atoms in total. The fourth-order valence-corrected chi connectivity index (χ4v) is 10.5. The fraction of sp³-hybridized carbons (Fsp3) is 0.855. The summed E-state index contributed by atoms with van der Waals surface area (Å²) in [4.78, 5) is 13.2. The Labute approximate surface area is 484 Å². The largest absolute Gasteiger partial charge is 0.394 e. The zero-order valence-corrected chi connectivity index (χ0v) is 49.3. The molecule has 0 spiro atoms. The molecule has 3 heterocycles. The van der Waals surface area contributed by atoms with Crippen LogP contribution in [0, 0.1) is 0 Å². The van der Waals surface area contributed by atoms with Crippen molar-refractivity contribution in [1.29, 1.82) is 0 Å². The van der Waals surface area contributed by atoms with Gasteiger partial charge in [-0.3, -0.25) is 4.79 Å². The lowest BCUT2D eigenvalue weighted by Gasteiger charge is -2.48. The number of aliphatic hydroxyl groups excluding tert-OH is 11. The Hall–Kier alpha value is -2.25. The molecular formula is C62H111NO18. The number of nitrogens with one attached hydrogen (secondary N) is 1. The van der Waals surface area contributed by atoms with Crippen LogP contribution in [0.4, 0.5) is 0 Å². The molecule has 0 radical (unpaired) electrons. The average molecular weight is 1160 g/mol. The smallest absolute Gasteiger partial charge is 0.220 e. The van der Waals surface area contributed by atoms with Crippen LogP contribution in [0.25, 0.3) is 0 Å². The van der Waals surface area contributed by atoms with Gasteiger partial charge >= 0.3 is 0 Å². The Bertz CT molecular complexity index is 1670. The first kappa shape index (κ1) is 73.0. The van der Waals surface area contributed by atoms with Crippen molar-refractivity contribution in [1.82, 2.24) is 5.32 Å². The molecule has 0 aromatic heterocycles. The van der Waals surface area contributed by atoms with E-state index in [9.17, 15) is 61.0 Å². The molecule has 17 atom stereocenters. The maximum Gasteiger partial charge on any atom is 0.220 e. The van der Waals surface area contributed by atoms with Crippen LogP contribution in [-0.2, 0) is 33.2 Å². The Morgan fingerprint density at radius 2 is 0.852 bits per heavy atom. The van der Waals surface area contributed by atoms with Gasteiger partial charge in [0.15, 0.2) is 18.9 Å². The van der Waals surface area contributed by atoms with Crippen molar-refractivity contribution >= 4 is 5.91 Å². The fourth-order valence-electron chi connectivity index (χ4n) is 10.5. The van der Waals surface area contributed by atoms with Gasteiger partial charge in [0.1, 0.15) is 73.2 Å². The molecule has 19 heteroatoms. The van der Waals surface area contributed by atoms with Crippen LogP contribution >= 0.6 is 0 Å². The molecule has 0 aliphatic carbocycles. The molecule has 81 heavy (non-hydrogen) atoms. The molecule has 3 aliphatic rings. The van der Waals surface area contributed by atoms with Gasteiger partial charge in [0, 0.05) is 6.42 Å². The molecule has 12 N–H and O–H groups in total. The average Bonchev–Trinajstić information content (AvgIpc) is 3.55. The molecule has 1 amide bonds. The SMILES string of the molecule is CC/C=C\C/C=C\C/C=C\C/C=C\CCCCCCCCCCCCCCCCCCCCCCC(=O)NC(COC1OC(CO)C(OC2OC(CO)C(OC3OC(CO)C(O)C(O)C3O)C(O)C2O)C(O)C1O)C(O)CCCCC. The zero-order chi connectivity index (χ0) is 59.0. The predicted octanol–water partition coefficient (Wildman–Crippen LogP) is 6.26. The third kappa shape index (κ3) is 28.7. The number of carbonyl (C=O) groups excluding carboxylic acids is 1. The number of hydrogen-bond acceptors (Lipinski definition) is 18. The van der Waals surface area contributed by atoms with Crippen LogP contribution in [0.1, 0.15) is 206 Å². The molecular weight excluding hydrogens is 1050 g/mol. The lowest BCUT2D eigenvalue weighted by molar-refractivity contribution is -0.379. The Morgan fingerprint density at radius 3 is 1.31 bits per heavy atom. The number of carbonyl (C=O) groups is 1. The Kier molecular flexibility index (Phi) is 40.7. The summed E-state index contributed by atoms with van der Waals surface area (Å²) < 4.78 is 34.0. The summed E-state index contributed by atoms with van der Waals surface area (Å²) in [6, 6.07) is -0.881. The van der Waals surface area contributed by atoms with E-state index in [-0.39, 0.29) is 18.9 Å². The van der Waals surface area contributed by atoms with Crippen LogP contribution in [0.15, 0.2) is 48.6 Å². The lowest BCUT2D eigenvalue weighted by Crippen LogP contribution is -2.66. The first-order valence-electron chi connectivity index (χ1n) is 31.4. The van der Waals surface area contributed by atoms with Gasteiger partial charge in [0.2, 0.25) is 5.91 Å². The van der Waals surface area contributed by atoms with Crippen LogP contribution in [-0.4, -0.2) is 193 Å². The first-order chi connectivity index (χ1) is 39.3. The summed E-state index contributed by atoms with van der Waals surface area (Å²) >= 11 is 0. The normalized spacial score (nSPS) is 30.1. The summed E-state index contributed by atoms with van der Waals surface area (Å²) in [6.07, 6.45) is 25.0. The maximum atomic E-state index is 13.2. The molecule has 3 saturated heterocycles. The van der Waals surface area contributed by atoms with Crippen LogP contribution < -0.4 is 5.32 Å². The van der Waals surface area contributed by atoms with Crippen LogP contribution in [0.2, 0.25) is 0 Å². The van der Waals surface area contributed by atoms with Crippen molar-refractivity contribution in [2.75, 3.05) is 26.4 Å². The maximum absolute atomic E-state index is 13.2. The van der Waals surface area contributed by atoms with Crippen LogP contribution in [0.3, 0.4) is 0 Å². The summed E-state index contributed by atoms with van der Waals surface area (Å²) in [5.74, 6) is -0.254. The van der Waals surface area contributed by atoms with Gasteiger partial charge in [-0.1, -0.05) is 197 Å². The van der Waals surface area contributed by atoms with E-state index in [2.05, 4.69) is 60.8 Å². The molecule has 0 saturated carbocycles. The summed E-state index contributed by atoms with van der Waals surface area (Å²) in [5.41, 5.74) is 0. The van der Waals surface area contributed by atoms with E-state index in [1.807, 2.05) is 6.92 Å². The molecule has 3 rings (SSSR count). The van der Waals surface area contributed by atoms with E-state index in [4.69, 9.17) is 28.4 Å². The molecule has 0 aromatic rings. The highest BCUT2D eigenvalue weighted by molar-refractivity contribution is 5.76. The quantitative estimate of drug-likeness (QED) is 0.0236. The van der Waals surface area contributed by atoms with E-state index in [0.717, 1.165) is 57.8 Å². The second-order valence-corrected chi connectivity index (χ2v) is 22.5. The highest BCUT2D eigenvalue weighted by atomic mass is 16.8. The van der Waals surface area contributed by atoms with Crippen molar-refractivity contribution in [2.45, 2.75) is 311 Å². The van der Waals surface area contributed by atoms with Gasteiger partial charge in [-0.2, -0.15) is 0 Å². The summed E-state index contributed by atoms with van der Waals surface area (Å²) in [6.45, 7) is 1.48. The lowest BCUT2D eigenvalue weighted by atomic mass is 9.96. The summed E-state index contributed by atoms with van der Waals surface area (Å²) in [5, 5.41) is 119. The molecule has 0 bridgehead atoms. The highest BCUT2D eigenvalue weighted by Crippen LogP contribution is 2.33. The van der Waals surface area contributed by atoms with E-state index in [1.165, 1.54) is 109 Å². The van der Waals surface area contributed by atoms with Crippen molar-refractivity contribution in [3.8, 4) is 0 Å². The van der Waals surface area contributed by atoms with E-state index in [0.29, 0.717) is 19.3 Å². The number of ether oxygens (including phenoxy) is 6. The minimum absolute atomic E-state index is 0.254. The van der Waals surface area contributed by atoms with Gasteiger partial charge in [0.25, 0.3) is 0 Å². The van der Waals surface area contributed by atoms with Gasteiger partial charge in [0.05, 0.1) is 38.6 Å². The monoisotopic (exact) mass is 1160 g/mol. The number of aliphatic hydroxyl groups is 11. The first-order valence-corrected chi connectivity index (χ1v) is 31.4. The van der Waals surface area contributed by atoms with E-state index < -0.39 is 124 Å².